The number of anilines is 1. The number of carbonyl (C=O) groups excluding carboxylic acids is 2. The zero-order valence-electron chi connectivity index (χ0n) is 23.4. The van der Waals surface area contributed by atoms with Crippen molar-refractivity contribution >= 4 is 50.0 Å². The monoisotopic (exact) mass is 618 g/mol. The molecule has 4 heterocycles. The number of hydrogen-bond donors (Lipinski definition) is 2. The molecule has 0 spiro atoms. The summed E-state index contributed by atoms with van der Waals surface area (Å²) in [5.74, 6) is -2.22. The fraction of sp³-hybridized carbons (Fsp3) is 0.129. The van der Waals surface area contributed by atoms with Crippen LogP contribution in [0.4, 0.5) is 23.2 Å². The smallest absolute Gasteiger partial charge is 0.365 e. The van der Waals surface area contributed by atoms with Crippen LogP contribution in [0.3, 0.4) is 0 Å². The Hall–Kier alpha value is -5.17. The van der Waals surface area contributed by atoms with Crippen molar-refractivity contribution in [3.05, 3.63) is 94.0 Å². The predicted octanol–water partition coefficient (Wildman–Crippen LogP) is 7.04. The highest BCUT2D eigenvalue weighted by Gasteiger charge is 2.35. The van der Waals surface area contributed by atoms with Gasteiger partial charge in [-0.25, -0.2) is 14.4 Å². The Morgan fingerprint density at radius 3 is 2.34 bits per heavy atom. The van der Waals surface area contributed by atoms with Crippen LogP contribution in [0.5, 0.6) is 0 Å². The van der Waals surface area contributed by atoms with E-state index in [9.17, 15) is 27.2 Å². The highest BCUT2D eigenvalue weighted by molar-refractivity contribution is 7.21. The lowest BCUT2D eigenvalue weighted by atomic mass is 10.00. The second-order valence-corrected chi connectivity index (χ2v) is 11.1. The molecule has 0 saturated heterocycles. The Balaban J connectivity index is 1.58. The minimum absolute atomic E-state index is 0.0109. The first kappa shape index (κ1) is 28.9. The predicted molar refractivity (Wildman–Crippen MR) is 160 cm³/mol. The van der Waals surface area contributed by atoms with Gasteiger partial charge in [0.15, 0.2) is 0 Å². The van der Waals surface area contributed by atoms with Gasteiger partial charge in [-0.2, -0.15) is 18.3 Å². The van der Waals surface area contributed by atoms with E-state index in [-0.39, 0.29) is 37.5 Å². The molecular formula is C31H22F4N6O2S. The van der Waals surface area contributed by atoms with Crippen molar-refractivity contribution in [1.82, 2.24) is 19.7 Å². The van der Waals surface area contributed by atoms with Crippen molar-refractivity contribution in [2.75, 3.05) is 5.32 Å². The average molecular weight is 619 g/mol. The first-order chi connectivity index (χ1) is 20.8. The topological polar surface area (TPSA) is 116 Å². The summed E-state index contributed by atoms with van der Waals surface area (Å²) in [6, 6.07) is 14.2. The fourth-order valence-corrected chi connectivity index (χ4v) is 6.22. The normalized spacial score (nSPS) is 11.8. The van der Waals surface area contributed by atoms with Crippen molar-refractivity contribution in [2.24, 2.45) is 12.8 Å². The summed E-state index contributed by atoms with van der Waals surface area (Å²) in [7, 11) is 1.80. The van der Waals surface area contributed by atoms with Gasteiger partial charge in [0, 0.05) is 29.1 Å². The number of hydrogen-bond acceptors (Lipinski definition) is 6. The molecule has 2 amide bonds. The summed E-state index contributed by atoms with van der Waals surface area (Å²) in [6.45, 7) is 3.70. The number of nitrogens with two attached hydrogens (primary N) is 1. The second kappa shape index (κ2) is 10.5. The van der Waals surface area contributed by atoms with E-state index < -0.39 is 29.5 Å². The number of alkyl halides is 3. The third-order valence-electron chi connectivity index (χ3n) is 7.30. The van der Waals surface area contributed by atoms with Crippen molar-refractivity contribution in [3.8, 4) is 22.4 Å². The highest BCUT2D eigenvalue weighted by Crippen LogP contribution is 2.44. The van der Waals surface area contributed by atoms with E-state index in [0.717, 1.165) is 29.5 Å². The number of halogens is 4. The molecule has 222 valence electrons. The summed E-state index contributed by atoms with van der Waals surface area (Å²) >= 11 is 0.624. The Bertz CT molecular complexity index is 2130. The third kappa shape index (κ3) is 4.94. The number of aryl methyl sites for hydroxylation is 2. The van der Waals surface area contributed by atoms with Crippen LogP contribution in [0.2, 0.25) is 0 Å². The number of para-hydroxylation sites is 1. The van der Waals surface area contributed by atoms with Gasteiger partial charge in [0.2, 0.25) is 0 Å². The van der Waals surface area contributed by atoms with E-state index in [4.69, 9.17) is 10.7 Å². The van der Waals surface area contributed by atoms with E-state index in [1.54, 1.807) is 42.1 Å². The van der Waals surface area contributed by atoms with Gasteiger partial charge in [-0.15, -0.1) is 11.3 Å². The molecule has 0 unspecified atom stereocenters. The Labute approximate surface area is 251 Å². The summed E-state index contributed by atoms with van der Waals surface area (Å²) < 4.78 is 57.1. The number of thiophene rings is 1. The lowest BCUT2D eigenvalue weighted by Gasteiger charge is -2.14. The summed E-state index contributed by atoms with van der Waals surface area (Å²) in [6.07, 6.45) is -4.82. The molecule has 0 fully saturated rings. The van der Waals surface area contributed by atoms with Crippen LogP contribution < -0.4 is 11.1 Å². The van der Waals surface area contributed by atoms with Crippen LogP contribution in [-0.2, 0) is 13.2 Å². The number of aromatic nitrogens is 4. The van der Waals surface area contributed by atoms with Crippen LogP contribution >= 0.6 is 11.3 Å². The maximum atomic E-state index is 14.1. The van der Waals surface area contributed by atoms with Gasteiger partial charge in [0.25, 0.3) is 11.8 Å². The number of rotatable bonds is 5. The largest absolute Gasteiger partial charge is 0.433 e. The average Bonchev–Trinajstić information content (AvgIpc) is 3.47. The molecule has 13 heteroatoms. The van der Waals surface area contributed by atoms with E-state index in [2.05, 4.69) is 15.4 Å². The van der Waals surface area contributed by atoms with E-state index >= 15 is 0 Å². The number of nitrogens with zero attached hydrogens (tertiary/aromatic N) is 4. The van der Waals surface area contributed by atoms with Gasteiger partial charge < -0.3 is 11.1 Å². The Kier molecular flexibility index (Phi) is 6.92. The Morgan fingerprint density at radius 1 is 1.00 bits per heavy atom. The molecule has 0 atom stereocenters. The number of amides is 2. The van der Waals surface area contributed by atoms with Gasteiger partial charge >= 0.3 is 6.18 Å². The van der Waals surface area contributed by atoms with Crippen LogP contribution in [0.1, 0.15) is 37.1 Å². The molecule has 0 aliphatic heterocycles. The molecule has 3 N–H and O–H groups in total. The van der Waals surface area contributed by atoms with Gasteiger partial charge in [-0.1, -0.05) is 30.3 Å². The first-order valence-electron chi connectivity index (χ1n) is 13.2. The highest BCUT2D eigenvalue weighted by atomic mass is 32.1. The minimum atomic E-state index is -4.82. The van der Waals surface area contributed by atoms with Crippen molar-refractivity contribution in [1.29, 1.82) is 0 Å². The van der Waals surface area contributed by atoms with E-state index in [1.807, 2.05) is 13.8 Å². The molecule has 8 nitrogen and oxygen atoms in total. The molecule has 4 aromatic heterocycles. The summed E-state index contributed by atoms with van der Waals surface area (Å²) in [5.41, 5.74) is 8.03. The van der Waals surface area contributed by atoms with Crippen molar-refractivity contribution in [2.45, 2.75) is 20.0 Å². The summed E-state index contributed by atoms with van der Waals surface area (Å²) in [5, 5.41) is 7.76. The molecule has 2 aromatic carbocycles. The molecule has 0 bridgehead atoms. The maximum absolute atomic E-state index is 14.1. The van der Waals surface area contributed by atoms with Crippen LogP contribution in [0, 0.1) is 19.7 Å². The summed E-state index contributed by atoms with van der Waals surface area (Å²) in [4.78, 5) is 34.8. The van der Waals surface area contributed by atoms with Gasteiger partial charge in [-0.05, 0) is 55.3 Å². The zero-order valence-corrected chi connectivity index (χ0v) is 24.2. The van der Waals surface area contributed by atoms with Crippen LogP contribution in [-0.4, -0.2) is 31.6 Å². The van der Waals surface area contributed by atoms with Gasteiger partial charge in [-0.3, -0.25) is 14.3 Å². The third-order valence-corrected chi connectivity index (χ3v) is 8.39. The van der Waals surface area contributed by atoms with Gasteiger partial charge in [0.05, 0.1) is 28.2 Å². The molecule has 6 rings (SSSR count). The number of nitrogens with one attached hydrogen (secondary N) is 1. The lowest BCUT2D eigenvalue weighted by Crippen LogP contribution is -2.17. The van der Waals surface area contributed by atoms with E-state index in [0.29, 0.717) is 33.6 Å². The maximum Gasteiger partial charge on any atom is 0.433 e. The number of carbonyl (C=O) groups is 2. The first-order valence-corrected chi connectivity index (χ1v) is 14.0. The molecule has 6 aromatic rings. The zero-order chi connectivity index (χ0) is 31.5. The molecule has 0 radical (unpaired) electrons. The second-order valence-electron chi connectivity index (χ2n) is 10.1. The molecular weight excluding hydrogens is 596 g/mol. The van der Waals surface area contributed by atoms with Gasteiger partial charge in [0.1, 0.15) is 21.2 Å². The van der Waals surface area contributed by atoms with Crippen LogP contribution in [0.25, 0.3) is 43.5 Å². The SMILES string of the molecule is Cc1nn(C)c(C)c1-c1cc(C(=O)Nc2c(C(N)=O)sc3nc(C(F)(F)F)cc(-c4ccc(F)cc4)c23)c2ccccc2n1. The van der Waals surface area contributed by atoms with Crippen molar-refractivity contribution < 1.29 is 27.2 Å². The fourth-order valence-electron chi connectivity index (χ4n) is 5.21. The number of fused-ring (bicyclic) bond motifs is 2. The van der Waals surface area contributed by atoms with Crippen LogP contribution in [0.15, 0.2) is 60.7 Å². The molecule has 44 heavy (non-hydrogen) atoms. The Morgan fingerprint density at radius 2 is 1.70 bits per heavy atom. The lowest BCUT2D eigenvalue weighted by molar-refractivity contribution is -0.140. The quantitative estimate of drug-likeness (QED) is 0.201. The standard InChI is InChI=1S/C31H22F4N6O2S/c1-14-24(15(2)41(3)40-14)22-12-20(18-6-4-5-7-21(18)37-22)29(43)39-26-25-19(16-8-10-17(32)11-9-16)13-23(31(33,34)35)38-30(25)44-27(26)28(36)42/h4-13H,1-3H3,(H2,36,42)(H,39,43). The van der Waals surface area contributed by atoms with E-state index in [1.165, 1.54) is 12.1 Å². The minimum Gasteiger partial charge on any atom is -0.365 e. The van der Waals surface area contributed by atoms with Crippen molar-refractivity contribution in [3.63, 3.8) is 0 Å². The number of benzene rings is 2. The number of pyridine rings is 2. The molecule has 0 aliphatic carbocycles. The molecule has 0 saturated carbocycles. The molecule has 0 aliphatic rings. The number of primary amides is 1.